The van der Waals surface area contributed by atoms with Gasteiger partial charge < -0.3 is 5.32 Å². The number of hydrogen-bond acceptors (Lipinski definition) is 8. The minimum Gasteiger partial charge on any atom is -0.325 e. The van der Waals surface area contributed by atoms with Gasteiger partial charge in [-0.25, -0.2) is 9.97 Å². The molecule has 0 unspecified atom stereocenters. The van der Waals surface area contributed by atoms with Crippen LogP contribution < -0.4 is 5.32 Å². The van der Waals surface area contributed by atoms with Gasteiger partial charge in [0.25, 0.3) is 5.69 Å². The number of nitro groups is 1. The summed E-state index contributed by atoms with van der Waals surface area (Å²) in [7, 11) is 0. The van der Waals surface area contributed by atoms with Crippen LogP contribution in [0.5, 0.6) is 0 Å². The summed E-state index contributed by atoms with van der Waals surface area (Å²) < 4.78 is 1.54. The van der Waals surface area contributed by atoms with Crippen molar-refractivity contribution < 1.29 is 9.72 Å². The van der Waals surface area contributed by atoms with E-state index in [1.165, 1.54) is 29.2 Å². The number of non-ortho nitro benzene ring substituents is 1. The summed E-state index contributed by atoms with van der Waals surface area (Å²) in [5, 5.41) is 22.8. The van der Waals surface area contributed by atoms with E-state index in [1.807, 2.05) is 6.07 Å². The smallest absolute Gasteiger partial charge is 0.271 e. The number of aromatic nitrogens is 5. The maximum absolute atomic E-state index is 12.3. The van der Waals surface area contributed by atoms with Crippen LogP contribution in [-0.4, -0.2) is 41.5 Å². The number of halogens is 1. The van der Waals surface area contributed by atoms with Gasteiger partial charge in [-0.3, -0.25) is 14.9 Å². The Morgan fingerprint density at radius 3 is 2.83 bits per heavy atom. The van der Waals surface area contributed by atoms with E-state index in [4.69, 9.17) is 11.6 Å². The molecule has 10 nitrogen and oxygen atoms in total. The molecule has 4 rings (SSSR count). The molecule has 2 heterocycles. The van der Waals surface area contributed by atoms with Crippen molar-refractivity contribution in [3.63, 3.8) is 0 Å². The minimum atomic E-state index is -0.523. The standard InChI is InChI=1S/C18H12ClN7O3S/c19-11-3-1-5-13(7-11)25-17-16(23-24-25)18(21-10-20-17)30-9-15(27)22-12-4-2-6-14(8-12)26(28)29/h1-8,10H,9H2,(H,22,27). The van der Waals surface area contributed by atoms with Crippen LogP contribution >= 0.6 is 23.4 Å². The molecule has 4 aromatic rings. The van der Waals surface area contributed by atoms with Gasteiger partial charge in [0.1, 0.15) is 11.4 Å². The van der Waals surface area contributed by atoms with Crippen LogP contribution in [-0.2, 0) is 4.79 Å². The van der Waals surface area contributed by atoms with Crippen LogP contribution in [0.25, 0.3) is 16.9 Å². The van der Waals surface area contributed by atoms with Gasteiger partial charge in [-0.1, -0.05) is 40.7 Å². The van der Waals surface area contributed by atoms with E-state index < -0.39 is 4.92 Å². The van der Waals surface area contributed by atoms with Crippen molar-refractivity contribution in [2.45, 2.75) is 5.03 Å². The van der Waals surface area contributed by atoms with Crippen molar-refractivity contribution in [3.05, 3.63) is 70.0 Å². The van der Waals surface area contributed by atoms with Crippen LogP contribution in [0.3, 0.4) is 0 Å². The lowest BCUT2D eigenvalue weighted by molar-refractivity contribution is -0.384. The third kappa shape index (κ3) is 4.21. The van der Waals surface area contributed by atoms with E-state index in [0.717, 1.165) is 11.8 Å². The summed E-state index contributed by atoms with van der Waals surface area (Å²) >= 11 is 7.20. The summed E-state index contributed by atoms with van der Waals surface area (Å²) in [5.74, 6) is -0.312. The van der Waals surface area contributed by atoms with Crippen LogP contribution in [0.2, 0.25) is 5.02 Å². The largest absolute Gasteiger partial charge is 0.325 e. The summed E-state index contributed by atoms with van der Waals surface area (Å²) in [4.78, 5) is 31.0. The number of thioether (sulfide) groups is 1. The Hall–Kier alpha value is -3.57. The molecular weight excluding hydrogens is 430 g/mol. The topological polar surface area (TPSA) is 129 Å². The zero-order valence-corrected chi connectivity index (χ0v) is 16.7. The Morgan fingerprint density at radius 2 is 2.03 bits per heavy atom. The number of nitro benzene ring substituents is 1. The summed E-state index contributed by atoms with van der Waals surface area (Å²) in [6.07, 6.45) is 1.37. The lowest BCUT2D eigenvalue weighted by atomic mass is 10.3. The Balaban J connectivity index is 1.50. The Morgan fingerprint density at radius 1 is 1.20 bits per heavy atom. The molecule has 0 aliphatic heterocycles. The first-order valence-corrected chi connectivity index (χ1v) is 9.87. The molecule has 2 aromatic carbocycles. The summed E-state index contributed by atoms with van der Waals surface area (Å²) in [5.41, 5.74) is 1.87. The molecule has 0 aliphatic rings. The Labute approximate surface area is 178 Å². The molecule has 2 aromatic heterocycles. The highest BCUT2D eigenvalue weighted by Crippen LogP contribution is 2.25. The molecule has 0 fully saturated rings. The molecule has 0 bridgehead atoms. The Bertz CT molecular complexity index is 1260. The number of carbonyl (C=O) groups excluding carboxylic acids is 1. The normalized spacial score (nSPS) is 10.8. The van der Waals surface area contributed by atoms with Gasteiger partial charge in [0, 0.05) is 22.8 Å². The van der Waals surface area contributed by atoms with Gasteiger partial charge >= 0.3 is 0 Å². The number of hydrogen-bond donors (Lipinski definition) is 1. The highest BCUT2D eigenvalue weighted by molar-refractivity contribution is 8.00. The van der Waals surface area contributed by atoms with Crippen LogP contribution in [0.1, 0.15) is 0 Å². The average Bonchev–Trinajstić information content (AvgIpc) is 3.17. The molecule has 0 saturated carbocycles. The molecule has 0 aliphatic carbocycles. The first-order chi connectivity index (χ1) is 14.5. The lowest BCUT2D eigenvalue weighted by Gasteiger charge is -2.05. The van der Waals surface area contributed by atoms with Gasteiger partial charge in [-0.2, -0.15) is 4.68 Å². The molecular formula is C18H12ClN7O3S. The van der Waals surface area contributed by atoms with Crippen LogP contribution in [0.15, 0.2) is 59.9 Å². The second-order valence-electron chi connectivity index (χ2n) is 5.98. The van der Waals surface area contributed by atoms with Crippen molar-refractivity contribution in [1.29, 1.82) is 0 Å². The van der Waals surface area contributed by atoms with Gasteiger partial charge in [0.15, 0.2) is 11.2 Å². The van der Waals surface area contributed by atoms with Crippen molar-refractivity contribution in [3.8, 4) is 5.69 Å². The average molecular weight is 442 g/mol. The highest BCUT2D eigenvalue weighted by atomic mass is 35.5. The maximum Gasteiger partial charge on any atom is 0.271 e. The van der Waals surface area contributed by atoms with E-state index in [-0.39, 0.29) is 17.3 Å². The zero-order valence-electron chi connectivity index (χ0n) is 15.1. The number of benzene rings is 2. The quantitative estimate of drug-likeness (QED) is 0.208. The van der Waals surface area contributed by atoms with Gasteiger partial charge in [-0.05, 0) is 24.3 Å². The number of fused-ring (bicyclic) bond motifs is 1. The predicted molar refractivity (Wildman–Crippen MR) is 112 cm³/mol. The minimum absolute atomic E-state index is 0.0266. The van der Waals surface area contributed by atoms with Crippen molar-refractivity contribution in [1.82, 2.24) is 25.0 Å². The number of amides is 1. The third-order valence-electron chi connectivity index (χ3n) is 3.94. The lowest BCUT2D eigenvalue weighted by Crippen LogP contribution is -2.14. The predicted octanol–water partition coefficient (Wildman–Crippen LogP) is 3.50. The number of carbonyl (C=O) groups is 1. The van der Waals surface area contributed by atoms with Crippen LogP contribution in [0.4, 0.5) is 11.4 Å². The van der Waals surface area contributed by atoms with Crippen LogP contribution in [0, 0.1) is 10.1 Å². The second-order valence-corrected chi connectivity index (χ2v) is 7.38. The molecule has 0 saturated heterocycles. The molecule has 12 heteroatoms. The number of nitrogens with one attached hydrogen (secondary N) is 1. The summed E-state index contributed by atoms with van der Waals surface area (Å²) in [6.45, 7) is 0. The molecule has 30 heavy (non-hydrogen) atoms. The highest BCUT2D eigenvalue weighted by Gasteiger charge is 2.15. The SMILES string of the molecule is O=C(CSc1ncnc2c1nnn2-c1cccc(Cl)c1)Nc1cccc([N+](=O)[O-])c1. The fourth-order valence-corrected chi connectivity index (χ4v) is 3.56. The van der Waals surface area contributed by atoms with Crippen molar-refractivity contribution in [2.75, 3.05) is 11.1 Å². The molecule has 0 spiro atoms. The summed E-state index contributed by atoms with van der Waals surface area (Å²) in [6, 6.07) is 12.8. The van der Waals surface area contributed by atoms with Gasteiger partial charge in [0.05, 0.1) is 16.4 Å². The number of anilines is 1. The number of nitrogens with zero attached hydrogens (tertiary/aromatic N) is 6. The number of rotatable bonds is 6. The Kier molecular flexibility index (Phi) is 5.55. The molecule has 0 radical (unpaired) electrons. The van der Waals surface area contributed by atoms with E-state index >= 15 is 0 Å². The van der Waals surface area contributed by atoms with Crippen molar-refractivity contribution >= 4 is 51.8 Å². The second kappa shape index (κ2) is 8.43. The molecule has 1 N–H and O–H groups in total. The third-order valence-corrected chi connectivity index (χ3v) is 5.15. The zero-order chi connectivity index (χ0) is 21.1. The monoisotopic (exact) mass is 441 g/mol. The van der Waals surface area contributed by atoms with Crippen molar-refractivity contribution in [2.24, 2.45) is 0 Å². The fraction of sp³-hybridized carbons (Fsp3) is 0.0556. The fourth-order valence-electron chi connectivity index (χ4n) is 2.64. The maximum atomic E-state index is 12.3. The van der Waals surface area contributed by atoms with Gasteiger partial charge in [-0.15, -0.1) is 5.10 Å². The van der Waals surface area contributed by atoms with E-state index in [9.17, 15) is 14.9 Å². The van der Waals surface area contributed by atoms with Gasteiger partial charge in [0.2, 0.25) is 5.91 Å². The first kappa shape index (κ1) is 19.7. The van der Waals surface area contributed by atoms with E-state index in [1.54, 1.807) is 24.3 Å². The van der Waals surface area contributed by atoms with E-state index in [0.29, 0.717) is 32.6 Å². The first-order valence-electron chi connectivity index (χ1n) is 8.51. The molecule has 0 atom stereocenters. The molecule has 1 amide bonds. The van der Waals surface area contributed by atoms with E-state index in [2.05, 4.69) is 25.6 Å². The molecule has 150 valence electrons.